The Hall–Kier alpha value is -4.22. The molecule has 2 amide bonds. The van der Waals surface area contributed by atoms with Gasteiger partial charge in [-0.05, 0) is 43.5 Å². The minimum absolute atomic E-state index is 0.0124. The molecular formula is C30H33F2N9O4S2. The summed E-state index contributed by atoms with van der Waals surface area (Å²) in [5, 5.41) is 25.3. The lowest BCUT2D eigenvalue weighted by Crippen LogP contribution is -2.56. The molecule has 1 saturated carbocycles. The minimum Gasteiger partial charge on any atom is -0.490 e. The molecule has 1 aliphatic heterocycles. The van der Waals surface area contributed by atoms with Gasteiger partial charge in [-0.1, -0.05) is 35.2 Å². The lowest BCUT2D eigenvalue weighted by atomic mass is 9.82. The largest absolute Gasteiger partial charge is 0.490 e. The number of nitrogens with one attached hydrogen (secondary N) is 2. The molecule has 2 aliphatic rings. The fourth-order valence-electron chi connectivity index (χ4n) is 5.45. The predicted molar refractivity (Wildman–Crippen MR) is 171 cm³/mol. The minimum atomic E-state index is -2.70. The van der Waals surface area contributed by atoms with Crippen LogP contribution in [-0.4, -0.2) is 81.5 Å². The Morgan fingerprint density at radius 2 is 1.57 bits per heavy atom. The van der Waals surface area contributed by atoms with E-state index in [9.17, 15) is 18.4 Å². The third-order valence-corrected chi connectivity index (χ3v) is 9.75. The van der Waals surface area contributed by atoms with Crippen LogP contribution >= 0.6 is 22.7 Å². The maximum absolute atomic E-state index is 13.2. The standard InChI is InChI=1S/C30H33F2N9O4S2/c1-44-10-11-45-22-9-8-20(33-15-22)13-24(42)35-28-39-37-26(46-28)18-4-2-5-19(12-18)27-38-40-29(47-27)36-25(43)14-21-6-3-7-23(34-21)41-16-30(31,32)17-41/h3,6-9,15,18-19H,2,4-5,10-14,16-17H2,1H3,(H,35,39,42)(H,36,40,43)/t18-,19-/m0/s1. The Labute approximate surface area is 277 Å². The number of hydrogen-bond acceptors (Lipinski definition) is 13. The number of rotatable bonds is 13. The van der Waals surface area contributed by atoms with Crippen molar-refractivity contribution >= 4 is 50.6 Å². The molecule has 47 heavy (non-hydrogen) atoms. The van der Waals surface area contributed by atoms with Crippen LogP contribution in [0.3, 0.4) is 0 Å². The predicted octanol–water partition coefficient (Wildman–Crippen LogP) is 4.46. The van der Waals surface area contributed by atoms with Crippen LogP contribution in [0.2, 0.25) is 0 Å². The van der Waals surface area contributed by atoms with Crippen molar-refractivity contribution in [3.63, 3.8) is 0 Å². The van der Waals surface area contributed by atoms with Crippen molar-refractivity contribution in [2.24, 2.45) is 0 Å². The molecular weight excluding hydrogens is 653 g/mol. The van der Waals surface area contributed by atoms with E-state index in [-0.39, 0.29) is 49.6 Å². The van der Waals surface area contributed by atoms with E-state index in [1.165, 1.54) is 27.6 Å². The van der Waals surface area contributed by atoms with E-state index in [1.807, 2.05) is 0 Å². The highest BCUT2D eigenvalue weighted by Gasteiger charge is 2.44. The number of pyridine rings is 2. The van der Waals surface area contributed by atoms with Gasteiger partial charge in [0.15, 0.2) is 0 Å². The molecule has 248 valence electrons. The van der Waals surface area contributed by atoms with Gasteiger partial charge in [0.25, 0.3) is 5.92 Å². The topological polar surface area (TPSA) is 157 Å². The Morgan fingerprint density at radius 1 is 0.915 bits per heavy atom. The Bertz CT molecular complexity index is 1680. The average Bonchev–Trinajstić information content (AvgIpc) is 3.71. The molecule has 2 atom stereocenters. The molecule has 5 heterocycles. The first-order valence-electron chi connectivity index (χ1n) is 15.1. The summed E-state index contributed by atoms with van der Waals surface area (Å²) in [4.78, 5) is 35.5. The van der Waals surface area contributed by atoms with E-state index in [4.69, 9.17) is 9.47 Å². The van der Waals surface area contributed by atoms with Gasteiger partial charge in [0.1, 0.15) is 28.2 Å². The van der Waals surface area contributed by atoms with Crippen LogP contribution < -0.4 is 20.3 Å². The molecule has 6 rings (SSSR count). The molecule has 4 aromatic heterocycles. The first-order valence-corrected chi connectivity index (χ1v) is 16.8. The molecule has 0 unspecified atom stereocenters. The number of ether oxygens (including phenoxy) is 2. The zero-order valence-corrected chi connectivity index (χ0v) is 27.2. The maximum atomic E-state index is 13.2. The summed E-state index contributed by atoms with van der Waals surface area (Å²) in [6.07, 6.45) is 5.33. The number of aromatic nitrogens is 6. The molecule has 1 aliphatic carbocycles. The van der Waals surface area contributed by atoms with Crippen LogP contribution in [0.4, 0.5) is 24.9 Å². The summed E-state index contributed by atoms with van der Waals surface area (Å²) < 4.78 is 37.0. The highest BCUT2D eigenvalue weighted by Crippen LogP contribution is 2.43. The monoisotopic (exact) mass is 685 g/mol. The van der Waals surface area contributed by atoms with Gasteiger partial charge in [-0.15, -0.1) is 20.4 Å². The van der Waals surface area contributed by atoms with E-state index < -0.39 is 5.92 Å². The molecule has 1 saturated heterocycles. The van der Waals surface area contributed by atoms with Gasteiger partial charge in [-0.2, -0.15) is 0 Å². The number of halogens is 2. The molecule has 2 fully saturated rings. The molecule has 13 nitrogen and oxygen atoms in total. The summed E-state index contributed by atoms with van der Waals surface area (Å²) in [5.41, 5.74) is 1.09. The number of hydrogen-bond donors (Lipinski definition) is 2. The SMILES string of the molecule is COCCOc1ccc(CC(=O)Nc2nnc([C@H]3CCC[C@H](c4nnc(NC(=O)Cc5cccc(N6CC(F)(F)C6)n5)s4)C3)s2)nc1. The van der Waals surface area contributed by atoms with Gasteiger partial charge in [-0.3, -0.25) is 14.6 Å². The number of methoxy groups -OCH3 is 1. The zero-order valence-electron chi connectivity index (χ0n) is 25.5. The Kier molecular flexibility index (Phi) is 10.2. The van der Waals surface area contributed by atoms with Crippen LogP contribution in [0, 0.1) is 0 Å². The van der Waals surface area contributed by atoms with Crippen molar-refractivity contribution in [3.05, 3.63) is 57.9 Å². The van der Waals surface area contributed by atoms with Crippen LogP contribution in [-0.2, 0) is 27.2 Å². The second-order valence-electron chi connectivity index (χ2n) is 11.4. The number of carbonyl (C=O) groups excluding carboxylic acids is 2. The van der Waals surface area contributed by atoms with Gasteiger partial charge in [0.05, 0.1) is 44.4 Å². The Balaban J connectivity index is 0.976. The van der Waals surface area contributed by atoms with Gasteiger partial charge < -0.3 is 25.0 Å². The second-order valence-corrected chi connectivity index (χ2v) is 13.4. The summed E-state index contributed by atoms with van der Waals surface area (Å²) in [6.45, 7) is 0.153. The number of alkyl halides is 2. The fourth-order valence-corrected chi connectivity index (χ4v) is 7.27. The van der Waals surface area contributed by atoms with E-state index >= 15 is 0 Å². The summed E-state index contributed by atoms with van der Waals surface area (Å²) in [6, 6.07) is 8.57. The van der Waals surface area contributed by atoms with Crippen LogP contribution in [0.15, 0.2) is 36.5 Å². The smallest absolute Gasteiger partial charge is 0.282 e. The van der Waals surface area contributed by atoms with E-state index in [2.05, 4.69) is 41.0 Å². The lowest BCUT2D eigenvalue weighted by molar-refractivity contribution is -0.116. The maximum Gasteiger partial charge on any atom is 0.282 e. The lowest BCUT2D eigenvalue weighted by Gasteiger charge is -2.39. The number of amides is 2. The second kappa shape index (κ2) is 14.7. The van der Waals surface area contributed by atoms with Crippen LogP contribution in [0.25, 0.3) is 0 Å². The number of carbonyl (C=O) groups is 2. The quantitative estimate of drug-likeness (QED) is 0.192. The van der Waals surface area contributed by atoms with Crippen molar-refractivity contribution in [2.75, 3.05) is 48.9 Å². The third kappa shape index (κ3) is 8.78. The van der Waals surface area contributed by atoms with E-state index in [0.717, 1.165) is 35.7 Å². The molecule has 0 spiro atoms. The van der Waals surface area contributed by atoms with E-state index in [0.29, 0.717) is 46.4 Å². The van der Waals surface area contributed by atoms with Crippen LogP contribution in [0.5, 0.6) is 5.75 Å². The van der Waals surface area contributed by atoms with Crippen molar-refractivity contribution < 1.29 is 27.8 Å². The van der Waals surface area contributed by atoms with E-state index in [1.54, 1.807) is 43.6 Å². The van der Waals surface area contributed by atoms with Crippen molar-refractivity contribution in [3.8, 4) is 5.75 Å². The van der Waals surface area contributed by atoms with Crippen LogP contribution in [0.1, 0.15) is 58.9 Å². The van der Waals surface area contributed by atoms with Crippen molar-refractivity contribution in [1.29, 1.82) is 0 Å². The van der Waals surface area contributed by atoms with Gasteiger partial charge in [0, 0.05) is 24.6 Å². The van der Waals surface area contributed by atoms with Gasteiger partial charge >= 0.3 is 0 Å². The first-order chi connectivity index (χ1) is 22.7. The highest BCUT2D eigenvalue weighted by atomic mass is 32.1. The number of nitrogens with zero attached hydrogens (tertiary/aromatic N) is 7. The molecule has 4 aromatic rings. The Morgan fingerprint density at radius 3 is 2.17 bits per heavy atom. The third-order valence-electron chi connectivity index (χ3n) is 7.74. The zero-order chi connectivity index (χ0) is 32.8. The van der Waals surface area contributed by atoms with Crippen molar-refractivity contribution in [2.45, 2.75) is 56.3 Å². The normalized spacial score (nSPS) is 18.7. The summed E-state index contributed by atoms with van der Waals surface area (Å²) in [7, 11) is 1.60. The summed E-state index contributed by atoms with van der Waals surface area (Å²) in [5.74, 6) is -1.89. The molecule has 0 radical (unpaired) electrons. The summed E-state index contributed by atoms with van der Waals surface area (Å²) >= 11 is 2.71. The molecule has 2 N–H and O–H groups in total. The average molecular weight is 686 g/mol. The molecule has 0 bridgehead atoms. The fraction of sp³-hybridized carbons (Fsp3) is 0.467. The van der Waals surface area contributed by atoms with Gasteiger partial charge in [0.2, 0.25) is 22.1 Å². The highest BCUT2D eigenvalue weighted by molar-refractivity contribution is 7.15. The molecule has 17 heteroatoms. The molecule has 0 aromatic carbocycles. The van der Waals surface area contributed by atoms with Gasteiger partial charge in [-0.25, -0.2) is 13.8 Å². The first kappa shape index (κ1) is 32.7. The number of anilines is 3. The van der Waals surface area contributed by atoms with Crippen molar-refractivity contribution in [1.82, 2.24) is 30.4 Å².